The Labute approximate surface area is 257 Å². The molecule has 1 N–H and O–H groups in total. The highest BCUT2D eigenvalue weighted by Gasteiger charge is 2.33. The van der Waals surface area contributed by atoms with Gasteiger partial charge in [0.2, 0.25) is 21.8 Å². The molecule has 41 heavy (non-hydrogen) atoms. The third kappa shape index (κ3) is 9.36. The van der Waals surface area contributed by atoms with Gasteiger partial charge in [0.15, 0.2) is 0 Å². The lowest BCUT2D eigenvalue weighted by Gasteiger charge is -2.33. The molecule has 0 aliphatic carbocycles. The predicted molar refractivity (Wildman–Crippen MR) is 167 cm³/mol. The predicted octanol–water partition coefficient (Wildman–Crippen LogP) is 6.28. The highest BCUT2D eigenvalue weighted by Crippen LogP contribution is 2.27. The van der Waals surface area contributed by atoms with Crippen LogP contribution in [-0.2, 0) is 32.6 Å². The summed E-state index contributed by atoms with van der Waals surface area (Å²) in [4.78, 5) is 29.1. The molecule has 2 amide bonds. The van der Waals surface area contributed by atoms with Crippen LogP contribution < -0.4 is 9.62 Å². The first-order valence-electron chi connectivity index (χ1n) is 13.2. The van der Waals surface area contributed by atoms with Crippen molar-refractivity contribution in [2.45, 2.75) is 45.7 Å². The highest BCUT2D eigenvalue weighted by atomic mass is 35.5. The fourth-order valence-corrected chi connectivity index (χ4v) is 5.73. The van der Waals surface area contributed by atoms with Crippen LogP contribution in [0.15, 0.2) is 66.7 Å². The van der Waals surface area contributed by atoms with E-state index in [4.69, 9.17) is 34.8 Å². The van der Waals surface area contributed by atoms with E-state index in [2.05, 4.69) is 5.32 Å². The third-order valence-corrected chi connectivity index (χ3v) is 8.71. The Morgan fingerprint density at radius 2 is 1.66 bits per heavy atom. The van der Waals surface area contributed by atoms with Crippen molar-refractivity contribution in [1.82, 2.24) is 10.2 Å². The van der Waals surface area contributed by atoms with E-state index in [0.29, 0.717) is 27.2 Å². The van der Waals surface area contributed by atoms with Gasteiger partial charge < -0.3 is 10.2 Å². The molecule has 1 atom stereocenters. The summed E-state index contributed by atoms with van der Waals surface area (Å²) in [7, 11) is -3.90. The SMILES string of the molecule is CCCCNC(=O)[C@@H](Cc1ccccc1)N(Cc1ccc(Cl)cc1Cl)C(=O)CN(c1ccc(C)c(Cl)c1)S(C)(=O)=O. The molecule has 0 aliphatic heterocycles. The smallest absolute Gasteiger partial charge is 0.244 e. The second kappa shape index (κ2) is 14.9. The van der Waals surface area contributed by atoms with E-state index in [1.165, 1.54) is 11.0 Å². The Bertz CT molecular complexity index is 1470. The van der Waals surface area contributed by atoms with Crippen molar-refractivity contribution < 1.29 is 18.0 Å². The van der Waals surface area contributed by atoms with Gasteiger partial charge in [0.05, 0.1) is 11.9 Å². The molecule has 7 nitrogen and oxygen atoms in total. The van der Waals surface area contributed by atoms with Crippen LogP contribution in [0.25, 0.3) is 0 Å². The number of nitrogens with one attached hydrogen (secondary N) is 1. The number of sulfonamides is 1. The van der Waals surface area contributed by atoms with E-state index in [1.54, 1.807) is 37.3 Å². The van der Waals surface area contributed by atoms with Crippen molar-refractivity contribution in [3.63, 3.8) is 0 Å². The van der Waals surface area contributed by atoms with Gasteiger partial charge in [-0.05, 0) is 54.3 Å². The van der Waals surface area contributed by atoms with Crippen molar-refractivity contribution in [3.8, 4) is 0 Å². The number of hydrogen-bond donors (Lipinski definition) is 1. The second-order valence-electron chi connectivity index (χ2n) is 9.81. The fraction of sp³-hybridized carbons (Fsp3) is 0.333. The van der Waals surface area contributed by atoms with Gasteiger partial charge in [-0.2, -0.15) is 0 Å². The number of benzene rings is 3. The van der Waals surface area contributed by atoms with Crippen molar-refractivity contribution in [3.05, 3.63) is 98.5 Å². The molecule has 0 saturated heterocycles. The number of halogens is 3. The zero-order valence-electron chi connectivity index (χ0n) is 23.2. The summed E-state index contributed by atoms with van der Waals surface area (Å²) in [5, 5.41) is 4.06. The van der Waals surface area contributed by atoms with Crippen molar-refractivity contribution in [2.24, 2.45) is 0 Å². The van der Waals surface area contributed by atoms with Crippen LogP contribution in [0.5, 0.6) is 0 Å². The maximum absolute atomic E-state index is 14.1. The van der Waals surface area contributed by atoms with E-state index in [0.717, 1.165) is 34.5 Å². The van der Waals surface area contributed by atoms with Gasteiger partial charge in [0.1, 0.15) is 12.6 Å². The number of rotatable bonds is 13. The van der Waals surface area contributed by atoms with Crippen LogP contribution >= 0.6 is 34.8 Å². The molecule has 0 heterocycles. The number of anilines is 1. The van der Waals surface area contributed by atoms with Gasteiger partial charge in [-0.15, -0.1) is 0 Å². The quantitative estimate of drug-likeness (QED) is 0.223. The molecule has 11 heteroatoms. The molecular weight excluding hydrogens is 605 g/mol. The number of nitrogens with zero attached hydrogens (tertiary/aromatic N) is 2. The van der Waals surface area contributed by atoms with Gasteiger partial charge in [0, 0.05) is 34.6 Å². The topological polar surface area (TPSA) is 86.8 Å². The van der Waals surface area contributed by atoms with Crippen LogP contribution in [0, 0.1) is 6.92 Å². The molecule has 3 aromatic rings. The first-order chi connectivity index (χ1) is 19.4. The number of aryl methyl sites for hydroxylation is 1. The van der Waals surface area contributed by atoms with Gasteiger partial charge in [-0.25, -0.2) is 8.42 Å². The molecule has 3 aromatic carbocycles. The number of unbranched alkanes of at least 4 members (excludes halogenated alkanes) is 1. The van der Waals surface area contributed by atoms with Crippen LogP contribution in [0.1, 0.15) is 36.5 Å². The minimum atomic E-state index is -3.90. The average molecular weight is 639 g/mol. The molecule has 0 spiro atoms. The van der Waals surface area contributed by atoms with E-state index in [-0.39, 0.29) is 24.6 Å². The zero-order chi connectivity index (χ0) is 30.2. The maximum atomic E-state index is 14.1. The minimum Gasteiger partial charge on any atom is -0.354 e. The Balaban J connectivity index is 2.07. The van der Waals surface area contributed by atoms with E-state index in [9.17, 15) is 18.0 Å². The maximum Gasteiger partial charge on any atom is 0.244 e. The minimum absolute atomic E-state index is 0.0419. The molecule has 0 unspecified atom stereocenters. The Hall–Kier alpha value is -2.78. The molecule has 0 saturated carbocycles. The zero-order valence-corrected chi connectivity index (χ0v) is 26.3. The van der Waals surface area contributed by atoms with Crippen molar-refractivity contribution in [2.75, 3.05) is 23.7 Å². The van der Waals surface area contributed by atoms with E-state index < -0.39 is 28.5 Å². The van der Waals surface area contributed by atoms with Crippen LogP contribution in [0.3, 0.4) is 0 Å². The molecule has 0 bridgehead atoms. The van der Waals surface area contributed by atoms with Gasteiger partial charge in [0.25, 0.3) is 0 Å². The summed E-state index contributed by atoms with van der Waals surface area (Å²) >= 11 is 18.9. The summed E-state index contributed by atoms with van der Waals surface area (Å²) in [5.41, 5.74) is 2.41. The largest absolute Gasteiger partial charge is 0.354 e. The van der Waals surface area contributed by atoms with Gasteiger partial charge in [-0.1, -0.05) is 90.6 Å². The molecule has 220 valence electrons. The Morgan fingerprint density at radius 1 is 0.951 bits per heavy atom. The normalized spacial score (nSPS) is 12.0. The fourth-order valence-electron chi connectivity index (χ4n) is 4.24. The Morgan fingerprint density at radius 3 is 2.27 bits per heavy atom. The standard InChI is InChI=1S/C30H34Cl3N3O4S/c1-4-5-15-34-30(38)28(16-22-9-7-6-8-10-22)35(19-23-12-13-24(31)17-27(23)33)29(37)20-36(41(3,39)40)25-14-11-21(2)26(32)18-25/h6-14,17-18,28H,4-5,15-16,19-20H2,1-3H3,(H,34,38)/t28-/m1/s1. The van der Waals surface area contributed by atoms with E-state index >= 15 is 0 Å². The number of carbonyl (C=O) groups excluding carboxylic acids is 2. The van der Waals surface area contributed by atoms with Crippen LogP contribution in [0.4, 0.5) is 5.69 Å². The van der Waals surface area contributed by atoms with Crippen molar-refractivity contribution in [1.29, 1.82) is 0 Å². The molecule has 0 aliphatic rings. The number of carbonyl (C=O) groups is 2. The van der Waals surface area contributed by atoms with Crippen LogP contribution in [0.2, 0.25) is 15.1 Å². The summed E-state index contributed by atoms with van der Waals surface area (Å²) in [5.74, 6) is -0.922. The molecule has 0 fully saturated rings. The van der Waals surface area contributed by atoms with Crippen molar-refractivity contribution >= 4 is 62.3 Å². The third-order valence-electron chi connectivity index (χ3n) is 6.58. The first kappa shape index (κ1) is 32.7. The second-order valence-corrected chi connectivity index (χ2v) is 13.0. The lowest BCUT2D eigenvalue weighted by molar-refractivity contribution is -0.140. The highest BCUT2D eigenvalue weighted by molar-refractivity contribution is 7.92. The lowest BCUT2D eigenvalue weighted by atomic mass is 10.0. The molecular formula is C30H34Cl3N3O4S. The Kier molecular flexibility index (Phi) is 11.9. The number of amides is 2. The summed E-state index contributed by atoms with van der Waals surface area (Å²) in [6.07, 6.45) is 2.89. The molecule has 0 aromatic heterocycles. The molecule has 0 radical (unpaired) electrons. The van der Waals surface area contributed by atoms with E-state index in [1.807, 2.05) is 37.3 Å². The van der Waals surface area contributed by atoms with Gasteiger partial charge >= 0.3 is 0 Å². The summed E-state index contributed by atoms with van der Waals surface area (Å²) in [6, 6.07) is 18.1. The first-order valence-corrected chi connectivity index (χ1v) is 16.2. The number of hydrogen-bond acceptors (Lipinski definition) is 4. The summed E-state index contributed by atoms with van der Waals surface area (Å²) < 4.78 is 26.8. The summed E-state index contributed by atoms with van der Waals surface area (Å²) in [6.45, 7) is 3.67. The van der Waals surface area contributed by atoms with Gasteiger partial charge in [-0.3, -0.25) is 13.9 Å². The average Bonchev–Trinajstić information content (AvgIpc) is 2.92. The molecule has 3 rings (SSSR count). The monoisotopic (exact) mass is 637 g/mol. The lowest BCUT2D eigenvalue weighted by Crippen LogP contribution is -2.53. The van der Waals surface area contributed by atoms with Crippen LogP contribution in [-0.4, -0.2) is 50.5 Å².